The molecule has 0 radical (unpaired) electrons. The molecule has 1 fully saturated rings. The van der Waals surface area contributed by atoms with Crippen molar-refractivity contribution in [2.45, 2.75) is 38.6 Å². The van der Waals surface area contributed by atoms with Crippen molar-refractivity contribution in [2.75, 3.05) is 13.6 Å². The average molecular weight is 194 g/mol. The second-order valence-corrected chi connectivity index (χ2v) is 4.48. The van der Waals surface area contributed by atoms with Crippen LogP contribution in [-0.2, 0) is 0 Å². The van der Waals surface area contributed by atoms with Crippen LogP contribution >= 0.6 is 0 Å². The quantitative estimate of drug-likeness (QED) is 0.681. The summed E-state index contributed by atoms with van der Waals surface area (Å²) in [6, 6.07) is 0.691. The molecule has 1 saturated carbocycles. The standard InChI is InChI=1S/C11H20N3/c1-3-14(2)9-11(8-12-14)13-10-6-4-5-7-10/h8-10,13H,3-7H2,1-2H3/q+1. The predicted octanol–water partition coefficient (Wildman–Crippen LogP) is 1.83. The molecule has 1 atom stereocenters. The summed E-state index contributed by atoms with van der Waals surface area (Å²) >= 11 is 0. The molecule has 3 heteroatoms. The molecule has 3 nitrogen and oxygen atoms in total. The summed E-state index contributed by atoms with van der Waals surface area (Å²) in [6.07, 6.45) is 9.58. The maximum atomic E-state index is 4.47. The van der Waals surface area contributed by atoms with Gasteiger partial charge in [0.05, 0.1) is 7.05 Å². The van der Waals surface area contributed by atoms with E-state index in [9.17, 15) is 0 Å². The first kappa shape index (κ1) is 9.71. The minimum atomic E-state index is 0.690. The van der Waals surface area contributed by atoms with Crippen molar-refractivity contribution in [1.29, 1.82) is 0 Å². The second kappa shape index (κ2) is 3.73. The first-order chi connectivity index (χ1) is 6.72. The highest BCUT2D eigenvalue weighted by Gasteiger charge is 2.24. The molecule has 78 valence electrons. The number of nitrogens with zero attached hydrogens (tertiary/aromatic N) is 2. The lowest BCUT2D eigenvalue weighted by Crippen LogP contribution is -2.30. The van der Waals surface area contributed by atoms with Gasteiger partial charge in [0, 0.05) is 6.04 Å². The maximum Gasteiger partial charge on any atom is 0.147 e. The minimum Gasteiger partial charge on any atom is -0.377 e. The van der Waals surface area contributed by atoms with E-state index in [1.165, 1.54) is 31.4 Å². The smallest absolute Gasteiger partial charge is 0.147 e. The van der Waals surface area contributed by atoms with Gasteiger partial charge in [-0.25, -0.2) is 0 Å². The van der Waals surface area contributed by atoms with Crippen LogP contribution in [0.5, 0.6) is 0 Å². The van der Waals surface area contributed by atoms with Gasteiger partial charge in [-0.2, -0.15) is 4.59 Å². The summed E-state index contributed by atoms with van der Waals surface area (Å²) in [5.41, 5.74) is 1.21. The summed E-state index contributed by atoms with van der Waals surface area (Å²) in [5, 5.41) is 8.03. The van der Waals surface area contributed by atoms with E-state index < -0.39 is 0 Å². The van der Waals surface area contributed by atoms with Crippen LogP contribution in [0.4, 0.5) is 0 Å². The van der Waals surface area contributed by atoms with E-state index in [4.69, 9.17) is 0 Å². The van der Waals surface area contributed by atoms with Crippen molar-refractivity contribution >= 4 is 6.21 Å². The number of quaternary nitrogens is 1. The second-order valence-electron chi connectivity index (χ2n) is 4.48. The largest absolute Gasteiger partial charge is 0.377 e. The van der Waals surface area contributed by atoms with Gasteiger partial charge in [0.1, 0.15) is 24.7 Å². The number of hydrogen-bond donors (Lipinski definition) is 1. The fourth-order valence-corrected chi connectivity index (χ4v) is 2.11. The van der Waals surface area contributed by atoms with Crippen LogP contribution in [0.1, 0.15) is 32.6 Å². The molecule has 1 aliphatic carbocycles. The third-order valence-electron chi connectivity index (χ3n) is 3.24. The molecule has 0 aromatic carbocycles. The van der Waals surface area contributed by atoms with Gasteiger partial charge in [0.15, 0.2) is 0 Å². The molecule has 14 heavy (non-hydrogen) atoms. The topological polar surface area (TPSA) is 24.4 Å². The first-order valence-corrected chi connectivity index (χ1v) is 5.62. The van der Waals surface area contributed by atoms with Gasteiger partial charge in [-0.15, -0.1) is 0 Å². The van der Waals surface area contributed by atoms with Crippen molar-refractivity contribution in [3.8, 4) is 0 Å². The molecule has 2 aliphatic rings. The molecule has 0 aromatic heterocycles. The van der Waals surface area contributed by atoms with Gasteiger partial charge in [-0.3, -0.25) is 0 Å². The highest BCUT2D eigenvalue weighted by molar-refractivity contribution is 5.78. The van der Waals surface area contributed by atoms with Gasteiger partial charge in [0.25, 0.3) is 0 Å². The molecule has 0 amide bonds. The van der Waals surface area contributed by atoms with Crippen LogP contribution in [0.25, 0.3) is 0 Å². The predicted molar refractivity (Wildman–Crippen MR) is 58.7 cm³/mol. The normalized spacial score (nSPS) is 32.3. The molecule has 1 N–H and O–H groups in total. The molecule has 0 bridgehead atoms. The van der Waals surface area contributed by atoms with Crippen molar-refractivity contribution < 1.29 is 4.59 Å². The van der Waals surface area contributed by atoms with Crippen LogP contribution in [-0.4, -0.2) is 30.4 Å². The lowest BCUT2D eigenvalue weighted by Gasteiger charge is -2.17. The number of nitrogens with one attached hydrogen (secondary N) is 1. The van der Waals surface area contributed by atoms with Crippen molar-refractivity contribution in [1.82, 2.24) is 5.32 Å². The van der Waals surface area contributed by atoms with Gasteiger partial charge >= 0.3 is 0 Å². The fourth-order valence-electron chi connectivity index (χ4n) is 2.11. The third-order valence-corrected chi connectivity index (χ3v) is 3.24. The first-order valence-electron chi connectivity index (χ1n) is 5.62. The molecule has 0 spiro atoms. The zero-order valence-corrected chi connectivity index (χ0v) is 9.16. The average Bonchev–Trinajstić information content (AvgIpc) is 2.78. The molecule has 0 aromatic rings. The van der Waals surface area contributed by atoms with E-state index >= 15 is 0 Å². The van der Waals surface area contributed by atoms with Crippen molar-refractivity contribution in [3.05, 3.63) is 11.9 Å². The van der Waals surface area contributed by atoms with Crippen LogP contribution in [0, 0.1) is 0 Å². The lowest BCUT2D eigenvalue weighted by molar-refractivity contribution is -0.862. The van der Waals surface area contributed by atoms with Crippen molar-refractivity contribution in [2.24, 2.45) is 5.10 Å². The van der Waals surface area contributed by atoms with E-state index in [0.717, 1.165) is 6.54 Å². The zero-order chi connectivity index (χ0) is 10.0. The molecule has 0 saturated heterocycles. The summed E-state index contributed by atoms with van der Waals surface area (Å²) in [4.78, 5) is 0. The highest BCUT2D eigenvalue weighted by Crippen LogP contribution is 2.20. The summed E-state index contributed by atoms with van der Waals surface area (Å²) in [7, 11) is 2.12. The number of allylic oxidation sites excluding steroid dienone is 1. The number of hydrogen-bond acceptors (Lipinski definition) is 2. The summed E-state index contributed by atoms with van der Waals surface area (Å²) < 4.78 is 0.690. The van der Waals surface area contributed by atoms with Gasteiger partial charge in [-0.1, -0.05) is 17.9 Å². The Balaban J connectivity index is 1.94. The molecule has 1 aliphatic heterocycles. The monoisotopic (exact) mass is 194 g/mol. The minimum absolute atomic E-state index is 0.690. The van der Waals surface area contributed by atoms with Gasteiger partial charge in [-0.05, 0) is 19.8 Å². The van der Waals surface area contributed by atoms with E-state index in [2.05, 4.69) is 30.6 Å². The van der Waals surface area contributed by atoms with E-state index in [1.807, 2.05) is 6.21 Å². The van der Waals surface area contributed by atoms with Crippen LogP contribution in [0.3, 0.4) is 0 Å². The Labute approximate surface area is 86.1 Å². The lowest BCUT2D eigenvalue weighted by atomic mass is 10.2. The zero-order valence-electron chi connectivity index (χ0n) is 9.16. The molecule has 1 unspecified atom stereocenters. The number of rotatable bonds is 3. The third kappa shape index (κ3) is 1.98. The van der Waals surface area contributed by atoms with E-state index in [-0.39, 0.29) is 0 Å². The Morgan fingerprint density at radius 1 is 1.50 bits per heavy atom. The Morgan fingerprint density at radius 3 is 2.79 bits per heavy atom. The van der Waals surface area contributed by atoms with Crippen LogP contribution in [0.2, 0.25) is 0 Å². The van der Waals surface area contributed by atoms with Crippen LogP contribution in [0.15, 0.2) is 17.0 Å². The molecular formula is C11H20N3+. The Kier molecular flexibility index (Phi) is 2.59. The summed E-state index contributed by atoms with van der Waals surface area (Å²) in [6.45, 7) is 3.18. The molecule has 1 heterocycles. The van der Waals surface area contributed by atoms with Crippen molar-refractivity contribution in [3.63, 3.8) is 0 Å². The Bertz CT molecular complexity index is 264. The van der Waals surface area contributed by atoms with E-state index in [0.29, 0.717) is 10.6 Å². The van der Waals surface area contributed by atoms with Gasteiger partial charge in [0.2, 0.25) is 0 Å². The SMILES string of the molecule is CC[N+]1(C)C=C(NC2CCCC2)C=N1. The van der Waals surface area contributed by atoms with Crippen LogP contribution < -0.4 is 5.32 Å². The van der Waals surface area contributed by atoms with E-state index in [1.54, 1.807) is 0 Å². The van der Waals surface area contributed by atoms with Gasteiger partial charge < -0.3 is 5.32 Å². The fraction of sp³-hybridized carbons (Fsp3) is 0.727. The molecule has 2 rings (SSSR count). The maximum absolute atomic E-state index is 4.47. The highest BCUT2D eigenvalue weighted by atomic mass is 15.6. The Hall–Kier alpha value is -0.830. The summed E-state index contributed by atoms with van der Waals surface area (Å²) in [5.74, 6) is 0. The Morgan fingerprint density at radius 2 is 2.21 bits per heavy atom. The molecular weight excluding hydrogens is 174 g/mol.